The van der Waals surface area contributed by atoms with E-state index in [1.165, 1.54) is 12.3 Å². The number of pyridine rings is 1. The Morgan fingerprint density at radius 1 is 1.00 bits per heavy atom. The molecule has 2 heterocycles. The van der Waals surface area contributed by atoms with Crippen LogP contribution >= 0.6 is 0 Å². The van der Waals surface area contributed by atoms with E-state index in [0.717, 1.165) is 30.9 Å². The minimum Gasteiger partial charge on any atom is -0.349 e. The van der Waals surface area contributed by atoms with Gasteiger partial charge in [-0.3, -0.25) is 0 Å². The highest BCUT2D eigenvalue weighted by molar-refractivity contribution is 5.51. The molecular formula is C17H17F3N2. The maximum absolute atomic E-state index is 13.3. The lowest BCUT2D eigenvalue weighted by Crippen LogP contribution is -2.35. The van der Waals surface area contributed by atoms with Gasteiger partial charge in [0.25, 0.3) is 0 Å². The minimum atomic E-state index is -4.39. The van der Waals surface area contributed by atoms with Crippen LogP contribution in [0, 0.1) is 0 Å². The molecule has 1 aliphatic heterocycles. The Labute approximate surface area is 127 Å². The van der Waals surface area contributed by atoms with Crippen LogP contribution in [0.5, 0.6) is 0 Å². The van der Waals surface area contributed by atoms with Crippen LogP contribution in [0.15, 0.2) is 48.7 Å². The Balaban J connectivity index is 2.02. The summed E-state index contributed by atoms with van der Waals surface area (Å²) in [4.78, 5) is 5.86. The number of nitrogens with zero attached hydrogens (tertiary/aromatic N) is 2. The molecule has 5 heteroatoms. The van der Waals surface area contributed by atoms with Crippen molar-refractivity contribution in [2.24, 2.45) is 0 Å². The van der Waals surface area contributed by atoms with E-state index in [-0.39, 0.29) is 11.9 Å². The smallest absolute Gasteiger partial charge is 0.349 e. The molecule has 1 aromatic carbocycles. The Bertz CT molecular complexity index is 625. The van der Waals surface area contributed by atoms with Crippen molar-refractivity contribution in [3.8, 4) is 0 Å². The van der Waals surface area contributed by atoms with Crippen LogP contribution in [0.1, 0.15) is 36.4 Å². The van der Waals surface area contributed by atoms with Crippen molar-refractivity contribution in [1.29, 1.82) is 0 Å². The van der Waals surface area contributed by atoms with Crippen LogP contribution in [-0.2, 0) is 6.18 Å². The van der Waals surface area contributed by atoms with Gasteiger partial charge in [-0.05, 0) is 37.0 Å². The van der Waals surface area contributed by atoms with Crippen molar-refractivity contribution in [1.82, 2.24) is 4.98 Å². The van der Waals surface area contributed by atoms with Gasteiger partial charge in [-0.2, -0.15) is 13.2 Å². The van der Waals surface area contributed by atoms with Crippen LogP contribution in [0.2, 0.25) is 0 Å². The molecule has 1 fully saturated rings. The number of alkyl halides is 3. The van der Waals surface area contributed by atoms with E-state index in [1.54, 1.807) is 0 Å². The van der Waals surface area contributed by atoms with Gasteiger partial charge in [0.05, 0.1) is 11.6 Å². The monoisotopic (exact) mass is 306 g/mol. The van der Waals surface area contributed by atoms with Crippen LogP contribution in [0.3, 0.4) is 0 Å². The molecule has 2 aromatic rings. The standard InChI is InChI=1S/C17H17F3N2/c18-17(19,20)14-9-6-11-21-16(14)22-12-5-4-10-15(22)13-7-2-1-3-8-13/h1-3,6-9,11,15H,4-5,10,12H2. The number of halogens is 3. The molecule has 1 atom stereocenters. The van der Waals surface area contributed by atoms with Crippen molar-refractivity contribution in [2.75, 3.05) is 11.4 Å². The number of hydrogen-bond acceptors (Lipinski definition) is 2. The van der Waals surface area contributed by atoms with E-state index in [9.17, 15) is 13.2 Å². The van der Waals surface area contributed by atoms with E-state index in [1.807, 2.05) is 35.2 Å². The van der Waals surface area contributed by atoms with Gasteiger partial charge in [0.15, 0.2) is 0 Å². The minimum absolute atomic E-state index is 0.0450. The summed E-state index contributed by atoms with van der Waals surface area (Å²) in [5.41, 5.74) is 0.388. The molecular weight excluding hydrogens is 289 g/mol. The Hall–Kier alpha value is -2.04. The topological polar surface area (TPSA) is 16.1 Å². The van der Waals surface area contributed by atoms with Gasteiger partial charge in [0, 0.05) is 12.7 Å². The lowest BCUT2D eigenvalue weighted by Gasteiger charge is -2.38. The molecule has 0 bridgehead atoms. The highest BCUT2D eigenvalue weighted by atomic mass is 19.4. The number of aromatic nitrogens is 1. The summed E-state index contributed by atoms with van der Waals surface area (Å²) in [6.45, 7) is 0.597. The fourth-order valence-electron chi connectivity index (χ4n) is 3.05. The first-order valence-corrected chi connectivity index (χ1v) is 7.41. The number of hydrogen-bond donors (Lipinski definition) is 0. The molecule has 1 aromatic heterocycles. The summed E-state index contributed by atoms with van der Waals surface area (Å²) in [5.74, 6) is 0.0450. The molecule has 0 aliphatic carbocycles. The van der Waals surface area contributed by atoms with Gasteiger partial charge >= 0.3 is 6.18 Å². The SMILES string of the molecule is FC(F)(F)c1cccnc1N1CCCCC1c1ccccc1. The van der Waals surface area contributed by atoms with Gasteiger partial charge in [-0.25, -0.2) is 4.98 Å². The van der Waals surface area contributed by atoms with E-state index < -0.39 is 11.7 Å². The lowest BCUT2D eigenvalue weighted by atomic mass is 9.95. The van der Waals surface area contributed by atoms with Gasteiger partial charge in [0.2, 0.25) is 0 Å². The van der Waals surface area contributed by atoms with Crippen LogP contribution in [-0.4, -0.2) is 11.5 Å². The quantitative estimate of drug-likeness (QED) is 0.790. The second kappa shape index (κ2) is 5.99. The fourth-order valence-corrected chi connectivity index (χ4v) is 3.05. The summed E-state index contributed by atoms with van der Waals surface area (Å²) in [6.07, 6.45) is -0.206. The third-order valence-electron chi connectivity index (χ3n) is 4.05. The molecule has 1 saturated heterocycles. The Kier molecular flexibility index (Phi) is 4.05. The predicted octanol–water partition coefficient (Wildman–Crippen LogP) is 4.83. The van der Waals surface area contributed by atoms with Crippen molar-refractivity contribution < 1.29 is 13.2 Å². The summed E-state index contributed by atoms with van der Waals surface area (Å²) in [7, 11) is 0. The number of piperidine rings is 1. The average molecular weight is 306 g/mol. The molecule has 0 spiro atoms. The molecule has 2 nitrogen and oxygen atoms in total. The molecule has 0 amide bonds. The van der Waals surface area contributed by atoms with Crippen LogP contribution in [0.25, 0.3) is 0 Å². The fraction of sp³-hybridized carbons (Fsp3) is 0.353. The van der Waals surface area contributed by atoms with E-state index >= 15 is 0 Å². The zero-order chi connectivity index (χ0) is 15.6. The predicted molar refractivity (Wildman–Crippen MR) is 79.6 cm³/mol. The molecule has 0 saturated carbocycles. The van der Waals surface area contributed by atoms with Crippen molar-refractivity contribution in [2.45, 2.75) is 31.5 Å². The zero-order valence-corrected chi connectivity index (χ0v) is 12.1. The first kappa shape index (κ1) is 14.9. The summed E-state index contributed by atoms with van der Waals surface area (Å²) in [6, 6.07) is 12.1. The molecule has 3 rings (SSSR count). The first-order valence-electron chi connectivity index (χ1n) is 7.41. The third kappa shape index (κ3) is 2.93. The van der Waals surface area contributed by atoms with Crippen LogP contribution < -0.4 is 4.90 Å². The summed E-state index contributed by atoms with van der Waals surface area (Å²) in [5, 5.41) is 0. The maximum atomic E-state index is 13.3. The first-order chi connectivity index (χ1) is 10.6. The van der Waals surface area contributed by atoms with Gasteiger partial charge in [0.1, 0.15) is 5.82 Å². The van der Waals surface area contributed by atoms with E-state index in [2.05, 4.69) is 4.98 Å². The third-order valence-corrected chi connectivity index (χ3v) is 4.05. The van der Waals surface area contributed by atoms with Gasteiger partial charge in [-0.15, -0.1) is 0 Å². The summed E-state index contributed by atoms with van der Waals surface area (Å²) >= 11 is 0. The second-order valence-electron chi connectivity index (χ2n) is 5.49. The van der Waals surface area contributed by atoms with Crippen molar-refractivity contribution in [3.05, 3.63) is 59.8 Å². The summed E-state index contributed by atoms with van der Waals surface area (Å²) < 4.78 is 39.8. The number of benzene rings is 1. The molecule has 116 valence electrons. The Morgan fingerprint density at radius 2 is 1.77 bits per heavy atom. The molecule has 22 heavy (non-hydrogen) atoms. The Morgan fingerprint density at radius 3 is 2.50 bits per heavy atom. The van der Waals surface area contributed by atoms with Gasteiger partial charge in [-0.1, -0.05) is 30.3 Å². The molecule has 0 N–H and O–H groups in total. The maximum Gasteiger partial charge on any atom is 0.419 e. The molecule has 0 radical (unpaired) electrons. The van der Waals surface area contributed by atoms with Crippen LogP contribution in [0.4, 0.5) is 19.0 Å². The van der Waals surface area contributed by atoms with E-state index in [0.29, 0.717) is 6.54 Å². The highest BCUT2D eigenvalue weighted by Gasteiger charge is 2.37. The number of rotatable bonds is 2. The van der Waals surface area contributed by atoms with Crippen molar-refractivity contribution in [3.63, 3.8) is 0 Å². The largest absolute Gasteiger partial charge is 0.419 e. The second-order valence-corrected chi connectivity index (χ2v) is 5.49. The lowest BCUT2D eigenvalue weighted by molar-refractivity contribution is -0.137. The molecule has 1 unspecified atom stereocenters. The number of anilines is 1. The van der Waals surface area contributed by atoms with Gasteiger partial charge < -0.3 is 4.90 Å². The highest BCUT2D eigenvalue weighted by Crippen LogP contribution is 2.40. The normalized spacial score (nSPS) is 19.2. The van der Waals surface area contributed by atoms with Crippen molar-refractivity contribution >= 4 is 5.82 Å². The molecule has 1 aliphatic rings. The van der Waals surface area contributed by atoms with E-state index in [4.69, 9.17) is 0 Å². The average Bonchev–Trinajstić information content (AvgIpc) is 2.55. The zero-order valence-electron chi connectivity index (χ0n) is 12.1.